The van der Waals surface area contributed by atoms with Crippen LogP contribution >= 0.6 is 0 Å². The van der Waals surface area contributed by atoms with Crippen molar-refractivity contribution in [2.75, 3.05) is 0 Å². The Labute approximate surface area is 195 Å². The zero-order valence-electron chi connectivity index (χ0n) is 18.8. The molecule has 0 amide bonds. The number of nitriles is 1. The predicted octanol–water partition coefficient (Wildman–Crippen LogP) is 2.69. The fraction of sp³-hybridized carbons (Fsp3) is 0.167. The number of nitrogens with two attached hydrogens (primary N) is 1. The molecule has 10 nitrogen and oxygen atoms in total. The summed E-state index contributed by atoms with van der Waals surface area (Å²) in [4.78, 5) is 29.6. The van der Waals surface area contributed by atoms with E-state index in [1.54, 1.807) is 56.2 Å². The van der Waals surface area contributed by atoms with E-state index in [1.807, 2.05) is 24.3 Å². The molecule has 0 aliphatic heterocycles. The third-order valence-corrected chi connectivity index (χ3v) is 5.18. The Bertz CT molecular complexity index is 1550. The van der Waals surface area contributed by atoms with E-state index in [2.05, 4.69) is 19.9 Å². The van der Waals surface area contributed by atoms with Crippen molar-refractivity contribution in [2.45, 2.75) is 20.0 Å². The second-order valence-electron chi connectivity index (χ2n) is 7.75. The normalized spacial score (nSPS) is 13.1. The molecule has 3 N–H and O–H groups in total. The summed E-state index contributed by atoms with van der Waals surface area (Å²) in [5.74, 6) is 0.836. The number of hydrogen-bond donors (Lipinski definition) is 2. The molecule has 0 fully saturated rings. The Balaban J connectivity index is 1.84. The summed E-state index contributed by atoms with van der Waals surface area (Å²) < 4.78 is 3.20. The van der Waals surface area contributed by atoms with Crippen LogP contribution in [-0.2, 0) is 7.05 Å². The van der Waals surface area contributed by atoms with Crippen molar-refractivity contribution in [3.8, 4) is 23.1 Å². The summed E-state index contributed by atoms with van der Waals surface area (Å²) in [6.07, 6.45) is 3.95. The van der Waals surface area contributed by atoms with Crippen LogP contribution in [0.1, 0.15) is 25.5 Å². The van der Waals surface area contributed by atoms with Crippen LogP contribution in [0.5, 0.6) is 0 Å². The second kappa shape index (κ2) is 9.09. The van der Waals surface area contributed by atoms with Crippen molar-refractivity contribution < 1.29 is 5.11 Å². The zero-order chi connectivity index (χ0) is 24.4. The molecule has 34 heavy (non-hydrogen) atoms. The monoisotopic (exact) mass is 454 g/mol. The van der Waals surface area contributed by atoms with E-state index in [-0.39, 0.29) is 11.4 Å². The van der Waals surface area contributed by atoms with E-state index in [4.69, 9.17) is 11.0 Å². The first-order valence-corrected chi connectivity index (χ1v) is 10.4. The summed E-state index contributed by atoms with van der Waals surface area (Å²) in [5.41, 5.74) is 9.08. The van der Waals surface area contributed by atoms with Gasteiger partial charge in [-0.3, -0.25) is 4.57 Å². The molecular weight excluding hydrogens is 432 g/mol. The minimum Gasteiger partial charge on any atom is -0.390 e. The van der Waals surface area contributed by atoms with Crippen LogP contribution < -0.4 is 11.4 Å². The number of pyridine rings is 1. The summed E-state index contributed by atoms with van der Waals surface area (Å²) >= 11 is 0. The van der Waals surface area contributed by atoms with Gasteiger partial charge >= 0.3 is 5.69 Å². The van der Waals surface area contributed by atoms with Gasteiger partial charge in [-0.25, -0.2) is 19.8 Å². The Morgan fingerprint density at radius 2 is 2.06 bits per heavy atom. The molecule has 4 aromatic rings. The Hall–Kier alpha value is -4.62. The molecule has 0 spiro atoms. The van der Waals surface area contributed by atoms with Crippen molar-refractivity contribution in [1.82, 2.24) is 24.1 Å². The third-order valence-electron chi connectivity index (χ3n) is 5.18. The van der Waals surface area contributed by atoms with Gasteiger partial charge in [-0.05, 0) is 50.3 Å². The van der Waals surface area contributed by atoms with Crippen molar-refractivity contribution in [1.29, 1.82) is 5.26 Å². The fourth-order valence-corrected chi connectivity index (χ4v) is 3.43. The molecule has 3 heterocycles. The van der Waals surface area contributed by atoms with Gasteiger partial charge < -0.3 is 15.4 Å². The number of hydrogen-bond acceptors (Lipinski definition) is 8. The average molecular weight is 454 g/mol. The number of imidazole rings is 1. The molecule has 0 bridgehead atoms. The summed E-state index contributed by atoms with van der Waals surface area (Å²) in [6.45, 7) is 3.32. The van der Waals surface area contributed by atoms with Crippen molar-refractivity contribution >= 4 is 22.6 Å². The number of benzene rings is 1. The maximum absolute atomic E-state index is 12.0. The first kappa shape index (κ1) is 22.6. The largest absolute Gasteiger partial charge is 0.390 e. The second-order valence-corrected chi connectivity index (χ2v) is 7.75. The predicted molar refractivity (Wildman–Crippen MR) is 129 cm³/mol. The standard InChI is InChI=1S/C24H22N8O2/c1-14(10-17(26)12-25)28-23-18(15(2)33)5-7-22(30-23)32-13-27-20-6-4-16(11-21(20)32)19-8-9-31(3)24(34)29-19/h4-11,13,15,33H,26H2,1-3H3. The Morgan fingerprint density at radius 3 is 2.76 bits per heavy atom. The van der Waals surface area contributed by atoms with Gasteiger partial charge in [-0.2, -0.15) is 10.2 Å². The van der Waals surface area contributed by atoms with E-state index in [0.717, 1.165) is 16.6 Å². The van der Waals surface area contributed by atoms with Gasteiger partial charge in [0, 0.05) is 30.1 Å². The number of aromatic nitrogens is 5. The first-order chi connectivity index (χ1) is 16.3. The lowest BCUT2D eigenvalue weighted by atomic mass is 10.1. The lowest BCUT2D eigenvalue weighted by molar-refractivity contribution is 0.199. The summed E-state index contributed by atoms with van der Waals surface area (Å²) in [5, 5.41) is 19.1. The van der Waals surface area contributed by atoms with E-state index >= 15 is 0 Å². The molecule has 1 aromatic carbocycles. The van der Waals surface area contributed by atoms with Crippen molar-refractivity contribution in [3.63, 3.8) is 0 Å². The highest BCUT2D eigenvalue weighted by Gasteiger charge is 2.14. The molecule has 0 aliphatic rings. The molecule has 0 aliphatic carbocycles. The number of fused-ring (bicyclic) bond motifs is 1. The zero-order valence-corrected chi connectivity index (χ0v) is 18.8. The number of rotatable bonds is 5. The first-order valence-electron chi connectivity index (χ1n) is 10.4. The van der Waals surface area contributed by atoms with Gasteiger partial charge in [-0.15, -0.1) is 0 Å². The van der Waals surface area contributed by atoms with Gasteiger partial charge in [0.1, 0.15) is 23.9 Å². The molecule has 0 saturated heterocycles. The fourth-order valence-electron chi connectivity index (χ4n) is 3.43. The lowest BCUT2D eigenvalue weighted by Crippen LogP contribution is -2.19. The lowest BCUT2D eigenvalue weighted by Gasteiger charge is -2.11. The highest BCUT2D eigenvalue weighted by Crippen LogP contribution is 2.28. The van der Waals surface area contributed by atoms with Gasteiger partial charge in [0.05, 0.1) is 22.8 Å². The molecule has 10 heteroatoms. The minimum atomic E-state index is -0.803. The number of aliphatic hydroxyl groups excluding tert-OH is 1. The van der Waals surface area contributed by atoms with E-state index in [1.165, 1.54) is 10.6 Å². The molecule has 4 rings (SSSR count). The number of aryl methyl sites for hydroxylation is 1. The smallest absolute Gasteiger partial charge is 0.347 e. The number of allylic oxidation sites excluding steroid dienone is 2. The van der Waals surface area contributed by atoms with Crippen LogP contribution in [-0.4, -0.2) is 34.9 Å². The maximum Gasteiger partial charge on any atom is 0.347 e. The highest BCUT2D eigenvalue weighted by molar-refractivity contribution is 5.95. The molecule has 170 valence electrons. The van der Waals surface area contributed by atoms with Crippen LogP contribution in [0.15, 0.2) is 70.5 Å². The van der Waals surface area contributed by atoms with Gasteiger partial charge in [0.2, 0.25) is 0 Å². The molecule has 3 aromatic heterocycles. The Kier molecular flexibility index (Phi) is 6.03. The molecular formula is C24H22N8O2. The molecule has 0 radical (unpaired) electrons. The maximum atomic E-state index is 12.0. The van der Waals surface area contributed by atoms with E-state index < -0.39 is 6.10 Å². The van der Waals surface area contributed by atoms with Crippen LogP contribution in [0.25, 0.3) is 28.1 Å². The summed E-state index contributed by atoms with van der Waals surface area (Å²) in [7, 11) is 1.65. The van der Waals surface area contributed by atoms with Crippen LogP contribution in [0.3, 0.4) is 0 Å². The van der Waals surface area contributed by atoms with Gasteiger partial charge in [-0.1, -0.05) is 6.07 Å². The quantitative estimate of drug-likeness (QED) is 0.348. The SMILES string of the molecule is CC(C=C(N)C#N)=Nc1nc(-n2cnc3ccc(-c4ccn(C)c(=O)n4)cc32)ccc1C(C)O. The average Bonchev–Trinajstić information content (AvgIpc) is 3.23. The third kappa shape index (κ3) is 4.46. The summed E-state index contributed by atoms with van der Waals surface area (Å²) in [6, 6.07) is 12.7. The number of nitrogens with zero attached hydrogens (tertiary/aromatic N) is 7. The number of aliphatic hydroxyl groups is 1. The van der Waals surface area contributed by atoms with Crippen LogP contribution in [0, 0.1) is 11.3 Å². The molecule has 1 unspecified atom stereocenters. The number of aliphatic imine (C=N–C) groups is 1. The van der Waals surface area contributed by atoms with Crippen LogP contribution in [0.2, 0.25) is 0 Å². The molecule has 0 saturated carbocycles. The molecule has 1 atom stereocenters. The Morgan fingerprint density at radius 1 is 1.26 bits per heavy atom. The van der Waals surface area contributed by atoms with Crippen molar-refractivity contribution in [2.24, 2.45) is 17.8 Å². The topological polar surface area (TPSA) is 148 Å². The van der Waals surface area contributed by atoms with Gasteiger partial charge in [0.15, 0.2) is 5.82 Å². The van der Waals surface area contributed by atoms with Gasteiger partial charge in [0.25, 0.3) is 0 Å². The highest BCUT2D eigenvalue weighted by atomic mass is 16.3. The van der Waals surface area contributed by atoms with Crippen molar-refractivity contribution in [3.05, 3.63) is 76.7 Å². The van der Waals surface area contributed by atoms with E-state index in [9.17, 15) is 9.90 Å². The minimum absolute atomic E-state index is 0.0217. The van der Waals surface area contributed by atoms with Crippen LogP contribution in [0.4, 0.5) is 5.82 Å². The van der Waals surface area contributed by atoms with E-state index in [0.29, 0.717) is 28.6 Å².